The van der Waals surface area contributed by atoms with Gasteiger partial charge in [-0.15, -0.1) is 0 Å². The van der Waals surface area contributed by atoms with Crippen LogP contribution in [0, 0.1) is 10.1 Å². The summed E-state index contributed by atoms with van der Waals surface area (Å²) in [6.45, 7) is 0.424. The van der Waals surface area contributed by atoms with Gasteiger partial charge in [-0.3, -0.25) is 10.1 Å². The molecule has 10 heteroatoms. The molecule has 22 heavy (non-hydrogen) atoms. The SMILES string of the molecule is O=C(O)NCCCCCNS(=O)(=O)c1ccccc1[N+](=O)[O-]. The molecule has 9 nitrogen and oxygen atoms in total. The molecule has 1 amide bonds. The normalized spacial score (nSPS) is 11.1. The van der Waals surface area contributed by atoms with Gasteiger partial charge in [0.05, 0.1) is 4.92 Å². The smallest absolute Gasteiger partial charge is 0.404 e. The first-order valence-corrected chi connectivity index (χ1v) is 8.03. The summed E-state index contributed by atoms with van der Waals surface area (Å²) in [4.78, 5) is 19.9. The van der Waals surface area contributed by atoms with Gasteiger partial charge in [-0.1, -0.05) is 18.6 Å². The van der Waals surface area contributed by atoms with Crippen LogP contribution in [0.3, 0.4) is 0 Å². The summed E-state index contributed by atoms with van der Waals surface area (Å²) in [6, 6.07) is 5.12. The van der Waals surface area contributed by atoms with Crippen LogP contribution in [-0.2, 0) is 10.0 Å². The number of nitro groups is 1. The van der Waals surface area contributed by atoms with Crippen molar-refractivity contribution in [3.63, 3.8) is 0 Å². The zero-order valence-corrected chi connectivity index (χ0v) is 12.5. The minimum atomic E-state index is -3.94. The number of sulfonamides is 1. The van der Waals surface area contributed by atoms with E-state index in [1.807, 2.05) is 0 Å². The molecule has 0 aliphatic rings. The minimum absolute atomic E-state index is 0.126. The number of amides is 1. The molecule has 0 saturated carbocycles. The van der Waals surface area contributed by atoms with E-state index >= 15 is 0 Å². The van der Waals surface area contributed by atoms with Crippen molar-refractivity contribution in [3.8, 4) is 0 Å². The van der Waals surface area contributed by atoms with Gasteiger partial charge in [0.2, 0.25) is 10.0 Å². The lowest BCUT2D eigenvalue weighted by Gasteiger charge is -2.07. The van der Waals surface area contributed by atoms with Crippen molar-refractivity contribution in [1.29, 1.82) is 0 Å². The highest BCUT2D eigenvalue weighted by atomic mass is 32.2. The van der Waals surface area contributed by atoms with Crippen LogP contribution in [0.15, 0.2) is 29.2 Å². The van der Waals surface area contributed by atoms with Gasteiger partial charge < -0.3 is 10.4 Å². The summed E-state index contributed by atoms with van der Waals surface area (Å²) in [7, 11) is -3.94. The number of nitrogens with one attached hydrogen (secondary N) is 2. The minimum Gasteiger partial charge on any atom is -0.465 e. The molecule has 0 aromatic heterocycles. The van der Waals surface area contributed by atoms with Crippen LogP contribution < -0.4 is 10.0 Å². The molecule has 0 radical (unpaired) electrons. The van der Waals surface area contributed by atoms with Crippen molar-refractivity contribution in [3.05, 3.63) is 34.4 Å². The van der Waals surface area contributed by atoms with Crippen molar-refractivity contribution in [2.45, 2.75) is 24.2 Å². The van der Waals surface area contributed by atoms with E-state index in [4.69, 9.17) is 5.11 Å². The summed E-state index contributed by atoms with van der Waals surface area (Å²) in [6.07, 6.45) is 0.609. The summed E-state index contributed by atoms with van der Waals surface area (Å²) >= 11 is 0. The fourth-order valence-corrected chi connectivity index (χ4v) is 2.99. The van der Waals surface area contributed by atoms with Crippen LogP contribution in [0.25, 0.3) is 0 Å². The summed E-state index contributed by atoms with van der Waals surface area (Å²) in [5.41, 5.74) is -0.472. The zero-order valence-electron chi connectivity index (χ0n) is 11.7. The van der Waals surface area contributed by atoms with Crippen LogP contribution in [0.2, 0.25) is 0 Å². The average molecular weight is 331 g/mol. The molecule has 0 saturated heterocycles. The Balaban J connectivity index is 2.48. The number of carboxylic acid groups (broad SMARTS) is 1. The van der Waals surface area contributed by atoms with Crippen molar-refractivity contribution in [1.82, 2.24) is 10.0 Å². The maximum atomic E-state index is 12.0. The zero-order chi connectivity index (χ0) is 16.6. The highest BCUT2D eigenvalue weighted by molar-refractivity contribution is 7.89. The number of para-hydroxylation sites is 1. The maximum absolute atomic E-state index is 12.0. The Hall–Kier alpha value is -2.20. The fourth-order valence-electron chi connectivity index (χ4n) is 1.74. The third-order valence-electron chi connectivity index (χ3n) is 2.77. The third-order valence-corrected chi connectivity index (χ3v) is 4.28. The molecule has 0 aliphatic carbocycles. The second kappa shape index (κ2) is 8.29. The number of hydrogen-bond donors (Lipinski definition) is 3. The fraction of sp³-hybridized carbons (Fsp3) is 0.417. The van der Waals surface area contributed by atoms with Crippen LogP contribution in [0.5, 0.6) is 0 Å². The van der Waals surface area contributed by atoms with Crippen molar-refractivity contribution in [2.24, 2.45) is 0 Å². The number of nitro benzene ring substituents is 1. The summed E-state index contributed by atoms with van der Waals surface area (Å²) in [5, 5.41) is 21.4. The first-order valence-electron chi connectivity index (χ1n) is 6.54. The average Bonchev–Trinajstić information content (AvgIpc) is 2.45. The lowest BCUT2D eigenvalue weighted by atomic mass is 10.2. The van der Waals surface area contributed by atoms with Gasteiger partial charge in [-0.05, 0) is 18.9 Å². The van der Waals surface area contributed by atoms with Crippen LogP contribution in [0.1, 0.15) is 19.3 Å². The van der Waals surface area contributed by atoms with E-state index in [1.165, 1.54) is 18.2 Å². The molecule has 122 valence electrons. The van der Waals surface area contributed by atoms with Crippen molar-refractivity contribution >= 4 is 21.8 Å². The Morgan fingerprint density at radius 1 is 1.18 bits per heavy atom. The molecule has 1 aromatic rings. The number of rotatable bonds is 9. The van der Waals surface area contributed by atoms with Crippen LogP contribution in [0.4, 0.5) is 10.5 Å². The van der Waals surface area contributed by atoms with Gasteiger partial charge in [0.15, 0.2) is 4.90 Å². The van der Waals surface area contributed by atoms with E-state index < -0.39 is 26.7 Å². The van der Waals surface area contributed by atoms with Gasteiger partial charge in [0.1, 0.15) is 0 Å². The quantitative estimate of drug-likeness (QED) is 0.354. The molecule has 0 atom stereocenters. The van der Waals surface area contributed by atoms with E-state index in [9.17, 15) is 23.3 Å². The predicted molar refractivity (Wildman–Crippen MR) is 78.2 cm³/mol. The molecule has 0 heterocycles. The van der Waals surface area contributed by atoms with Crippen LogP contribution >= 0.6 is 0 Å². The standard InChI is InChI=1S/C12H17N3O6S/c16-12(17)13-8-4-1-5-9-14-22(20,21)11-7-3-2-6-10(11)15(18)19/h2-3,6-7,13-14H,1,4-5,8-9H2,(H,16,17). The van der Waals surface area contributed by atoms with Gasteiger partial charge in [-0.2, -0.15) is 0 Å². The molecule has 0 bridgehead atoms. The largest absolute Gasteiger partial charge is 0.465 e. The van der Waals surface area contributed by atoms with E-state index in [-0.39, 0.29) is 11.4 Å². The lowest BCUT2D eigenvalue weighted by molar-refractivity contribution is -0.387. The Morgan fingerprint density at radius 3 is 2.45 bits per heavy atom. The predicted octanol–water partition coefficient (Wildman–Crippen LogP) is 1.31. The second-order valence-corrected chi connectivity index (χ2v) is 6.15. The van der Waals surface area contributed by atoms with E-state index in [0.717, 1.165) is 6.07 Å². The molecule has 0 spiro atoms. The first kappa shape index (κ1) is 17.9. The Labute approximate surface area is 127 Å². The third kappa shape index (κ3) is 5.66. The lowest BCUT2D eigenvalue weighted by Crippen LogP contribution is -2.26. The molecular formula is C12H17N3O6S. The van der Waals surface area contributed by atoms with E-state index in [1.54, 1.807) is 0 Å². The van der Waals surface area contributed by atoms with Crippen LogP contribution in [-0.4, -0.2) is 37.6 Å². The molecule has 0 unspecified atom stereocenters. The van der Waals surface area contributed by atoms with Gasteiger partial charge in [0.25, 0.3) is 5.69 Å². The molecular weight excluding hydrogens is 314 g/mol. The Morgan fingerprint density at radius 2 is 1.82 bits per heavy atom. The number of nitrogens with zero attached hydrogens (tertiary/aromatic N) is 1. The monoisotopic (exact) mass is 331 g/mol. The number of hydrogen-bond acceptors (Lipinski definition) is 5. The van der Waals surface area contributed by atoms with Gasteiger partial charge in [0, 0.05) is 19.2 Å². The highest BCUT2D eigenvalue weighted by Gasteiger charge is 2.24. The first-order chi connectivity index (χ1) is 10.3. The van der Waals surface area contributed by atoms with Crippen molar-refractivity contribution in [2.75, 3.05) is 13.1 Å². The van der Waals surface area contributed by atoms with Crippen molar-refractivity contribution < 1.29 is 23.2 Å². The number of benzene rings is 1. The summed E-state index contributed by atoms with van der Waals surface area (Å²) < 4.78 is 26.4. The van der Waals surface area contributed by atoms with Gasteiger partial charge >= 0.3 is 6.09 Å². The topological polar surface area (TPSA) is 139 Å². The van der Waals surface area contributed by atoms with E-state index in [2.05, 4.69) is 10.0 Å². The number of unbranched alkanes of at least 4 members (excludes halogenated alkanes) is 2. The number of carbonyl (C=O) groups is 1. The molecule has 0 aliphatic heterocycles. The molecule has 1 rings (SSSR count). The highest BCUT2D eigenvalue weighted by Crippen LogP contribution is 2.22. The van der Waals surface area contributed by atoms with E-state index in [0.29, 0.717) is 25.8 Å². The molecule has 1 aromatic carbocycles. The molecule has 0 fully saturated rings. The Bertz CT molecular complexity index is 632. The maximum Gasteiger partial charge on any atom is 0.404 e. The Kier molecular flexibility index (Phi) is 6.73. The second-order valence-electron chi connectivity index (χ2n) is 4.42. The van der Waals surface area contributed by atoms with Gasteiger partial charge in [-0.25, -0.2) is 17.9 Å². The molecule has 3 N–H and O–H groups in total. The summed E-state index contributed by atoms with van der Waals surface area (Å²) in [5.74, 6) is 0.